The van der Waals surface area contributed by atoms with Gasteiger partial charge in [0.15, 0.2) is 0 Å². The van der Waals surface area contributed by atoms with Gasteiger partial charge in [0.1, 0.15) is 0 Å². The normalized spacial score (nSPS) is 16.3. The highest BCUT2D eigenvalue weighted by atomic mass is 14.9. The van der Waals surface area contributed by atoms with Gasteiger partial charge in [0.2, 0.25) is 0 Å². The van der Waals surface area contributed by atoms with Gasteiger partial charge in [-0.1, -0.05) is 29.8 Å². The summed E-state index contributed by atoms with van der Waals surface area (Å²) < 4.78 is 0. The number of hydrogen-bond acceptors (Lipinski definition) is 3. The summed E-state index contributed by atoms with van der Waals surface area (Å²) in [5.41, 5.74) is 5.53. The molecule has 116 valence electrons. The van der Waals surface area contributed by atoms with Crippen molar-refractivity contribution in [2.75, 3.05) is 17.7 Å². The zero-order valence-electron chi connectivity index (χ0n) is 13.5. The lowest BCUT2D eigenvalue weighted by atomic mass is 10.1. The fourth-order valence-corrected chi connectivity index (χ4v) is 2.42. The molecule has 0 amide bonds. The molecule has 3 heteroatoms. The Labute approximate surface area is 137 Å². The Kier molecular flexibility index (Phi) is 4.57. The molecule has 0 radical (unpaired) electrons. The summed E-state index contributed by atoms with van der Waals surface area (Å²) in [6, 6.07) is 16.9. The molecular weight excluding hydrogens is 282 g/mol. The van der Waals surface area contributed by atoms with Crippen molar-refractivity contribution < 1.29 is 0 Å². The minimum atomic E-state index is 0.205. The summed E-state index contributed by atoms with van der Waals surface area (Å²) >= 11 is 0. The van der Waals surface area contributed by atoms with Crippen molar-refractivity contribution >= 4 is 22.8 Å². The van der Waals surface area contributed by atoms with Crippen molar-refractivity contribution in [1.82, 2.24) is 0 Å². The van der Waals surface area contributed by atoms with Crippen LogP contribution in [0.4, 0.5) is 17.1 Å². The van der Waals surface area contributed by atoms with E-state index in [1.807, 2.05) is 12.2 Å². The van der Waals surface area contributed by atoms with Crippen LogP contribution in [-0.2, 0) is 0 Å². The fraction of sp³-hybridized carbons (Fsp3) is 0.150. The number of nitrogens with zero attached hydrogens (tertiary/aromatic N) is 1. The van der Waals surface area contributed by atoms with Crippen molar-refractivity contribution in [3.05, 3.63) is 78.4 Å². The Morgan fingerprint density at radius 3 is 1.87 bits per heavy atom. The average Bonchev–Trinajstić information content (AvgIpc) is 2.59. The fourth-order valence-electron chi connectivity index (χ4n) is 2.42. The van der Waals surface area contributed by atoms with E-state index in [1.165, 1.54) is 5.56 Å². The van der Waals surface area contributed by atoms with Gasteiger partial charge in [-0.3, -0.25) is 4.99 Å². The Balaban J connectivity index is 1.61. The van der Waals surface area contributed by atoms with Crippen LogP contribution in [0.25, 0.3) is 0 Å². The van der Waals surface area contributed by atoms with Gasteiger partial charge in [-0.25, -0.2) is 0 Å². The van der Waals surface area contributed by atoms with Crippen LogP contribution < -0.4 is 10.6 Å². The highest BCUT2D eigenvalue weighted by Gasteiger charge is 2.05. The van der Waals surface area contributed by atoms with Crippen LogP contribution in [0.5, 0.6) is 0 Å². The Morgan fingerprint density at radius 2 is 1.30 bits per heavy atom. The molecule has 1 aliphatic carbocycles. The van der Waals surface area contributed by atoms with Crippen molar-refractivity contribution in [1.29, 1.82) is 0 Å². The number of benzene rings is 2. The molecule has 23 heavy (non-hydrogen) atoms. The van der Waals surface area contributed by atoms with E-state index in [2.05, 4.69) is 83.2 Å². The van der Waals surface area contributed by atoms with Gasteiger partial charge in [-0.05, 0) is 55.5 Å². The molecule has 0 saturated carbocycles. The van der Waals surface area contributed by atoms with E-state index in [9.17, 15) is 0 Å². The van der Waals surface area contributed by atoms with Gasteiger partial charge in [0.05, 0.1) is 11.8 Å². The molecule has 3 nitrogen and oxygen atoms in total. The predicted octanol–water partition coefficient (Wildman–Crippen LogP) is 4.72. The molecule has 0 aliphatic heterocycles. The van der Waals surface area contributed by atoms with Crippen LogP contribution in [0.15, 0.2) is 77.8 Å². The molecule has 0 saturated heterocycles. The molecule has 0 bridgehead atoms. The molecule has 0 fully saturated rings. The largest absolute Gasteiger partial charge is 0.375 e. The zero-order chi connectivity index (χ0) is 16.1. The summed E-state index contributed by atoms with van der Waals surface area (Å²) in [7, 11) is 1.80. The first-order valence-corrected chi connectivity index (χ1v) is 7.76. The maximum absolute atomic E-state index is 4.15. The predicted molar refractivity (Wildman–Crippen MR) is 100.0 cm³/mol. The van der Waals surface area contributed by atoms with Crippen molar-refractivity contribution in [2.24, 2.45) is 4.99 Å². The van der Waals surface area contributed by atoms with E-state index in [0.29, 0.717) is 0 Å². The smallest absolute Gasteiger partial charge is 0.0636 e. The van der Waals surface area contributed by atoms with Gasteiger partial charge >= 0.3 is 0 Å². The second kappa shape index (κ2) is 6.97. The van der Waals surface area contributed by atoms with Crippen LogP contribution in [0.3, 0.4) is 0 Å². The lowest BCUT2D eigenvalue weighted by Crippen LogP contribution is -2.17. The Hall–Kier alpha value is -2.81. The Bertz CT molecular complexity index is 721. The number of rotatable bonds is 4. The average molecular weight is 303 g/mol. The number of allylic oxidation sites excluding steroid dienone is 2. The molecule has 0 unspecified atom stereocenters. The van der Waals surface area contributed by atoms with E-state index < -0.39 is 0 Å². The summed E-state index contributed by atoms with van der Waals surface area (Å²) in [4.78, 5) is 4.15. The van der Waals surface area contributed by atoms with Crippen molar-refractivity contribution in [2.45, 2.75) is 13.0 Å². The third-order valence-corrected chi connectivity index (χ3v) is 3.77. The third-order valence-electron chi connectivity index (χ3n) is 3.77. The third kappa shape index (κ3) is 4.10. The number of hydrogen-bond donors (Lipinski definition) is 2. The van der Waals surface area contributed by atoms with Crippen LogP contribution in [0, 0.1) is 6.92 Å². The molecule has 0 spiro atoms. The number of aryl methyl sites for hydroxylation is 1. The van der Waals surface area contributed by atoms with Gasteiger partial charge in [0.25, 0.3) is 0 Å². The first-order valence-electron chi connectivity index (χ1n) is 7.76. The molecule has 0 aromatic heterocycles. The van der Waals surface area contributed by atoms with E-state index in [-0.39, 0.29) is 6.04 Å². The number of anilines is 3. The molecule has 2 aromatic rings. The molecule has 0 atom stereocenters. The molecule has 2 aromatic carbocycles. The number of nitrogens with one attached hydrogen (secondary N) is 2. The van der Waals surface area contributed by atoms with Crippen LogP contribution in [-0.4, -0.2) is 18.8 Å². The van der Waals surface area contributed by atoms with Gasteiger partial charge < -0.3 is 10.6 Å². The maximum atomic E-state index is 4.15. The Morgan fingerprint density at radius 1 is 0.783 bits per heavy atom. The van der Waals surface area contributed by atoms with Gasteiger partial charge in [0, 0.05) is 24.1 Å². The van der Waals surface area contributed by atoms with E-state index in [1.54, 1.807) is 7.05 Å². The standard InChI is InChI=1S/C20H21N3/c1-15-3-5-17(6-4-15)22-19-11-13-20(14-12-19)23-18-9-7-16(21-2)8-10-18/h3-14,18,22-23H,1-2H3. The quantitative estimate of drug-likeness (QED) is 0.857. The maximum Gasteiger partial charge on any atom is 0.0636 e. The van der Waals surface area contributed by atoms with Gasteiger partial charge in [-0.15, -0.1) is 0 Å². The van der Waals surface area contributed by atoms with Crippen LogP contribution >= 0.6 is 0 Å². The minimum absolute atomic E-state index is 0.205. The minimum Gasteiger partial charge on any atom is -0.375 e. The molecule has 2 N–H and O–H groups in total. The zero-order valence-corrected chi connectivity index (χ0v) is 13.5. The first-order chi connectivity index (χ1) is 11.2. The summed E-state index contributed by atoms with van der Waals surface area (Å²) in [5.74, 6) is 0. The second-order valence-electron chi connectivity index (χ2n) is 5.61. The van der Waals surface area contributed by atoms with Crippen LogP contribution in [0.1, 0.15) is 5.56 Å². The van der Waals surface area contributed by atoms with E-state index in [4.69, 9.17) is 0 Å². The van der Waals surface area contributed by atoms with Crippen molar-refractivity contribution in [3.63, 3.8) is 0 Å². The molecule has 3 rings (SSSR count). The molecular formula is C20H21N3. The first kappa shape index (κ1) is 15.1. The summed E-state index contributed by atoms with van der Waals surface area (Å²) in [6.45, 7) is 2.09. The monoisotopic (exact) mass is 303 g/mol. The van der Waals surface area contributed by atoms with E-state index in [0.717, 1.165) is 22.8 Å². The summed E-state index contributed by atoms with van der Waals surface area (Å²) in [6.07, 6.45) is 8.29. The summed E-state index contributed by atoms with van der Waals surface area (Å²) in [5, 5.41) is 6.87. The SMILES string of the molecule is CN=C1C=CC(Nc2ccc(Nc3ccc(C)cc3)cc2)C=C1. The topological polar surface area (TPSA) is 36.4 Å². The highest BCUT2D eigenvalue weighted by molar-refractivity contribution is 6.05. The highest BCUT2D eigenvalue weighted by Crippen LogP contribution is 2.20. The molecule has 0 heterocycles. The van der Waals surface area contributed by atoms with E-state index >= 15 is 0 Å². The number of aliphatic imine (C=N–C) groups is 1. The van der Waals surface area contributed by atoms with Crippen LogP contribution in [0.2, 0.25) is 0 Å². The van der Waals surface area contributed by atoms with Crippen molar-refractivity contribution in [3.8, 4) is 0 Å². The lowest BCUT2D eigenvalue weighted by Gasteiger charge is -2.16. The van der Waals surface area contributed by atoms with Gasteiger partial charge in [-0.2, -0.15) is 0 Å². The lowest BCUT2D eigenvalue weighted by molar-refractivity contribution is 1.10. The second-order valence-corrected chi connectivity index (χ2v) is 5.61. The molecule has 1 aliphatic rings.